The second kappa shape index (κ2) is 9.12. The first-order valence-corrected chi connectivity index (χ1v) is 16.8. The summed E-state index contributed by atoms with van der Waals surface area (Å²) in [6, 6.07) is 54.0. The van der Waals surface area contributed by atoms with Crippen LogP contribution in [0.25, 0.3) is 98.4 Å². The molecule has 9 aromatic carbocycles. The summed E-state index contributed by atoms with van der Waals surface area (Å²) in [4.78, 5) is 0. The average Bonchev–Trinajstić information content (AvgIpc) is 3.62. The highest BCUT2D eigenvalue weighted by Crippen LogP contribution is 2.54. The van der Waals surface area contributed by atoms with Gasteiger partial charge in [0.2, 0.25) is 0 Å². The lowest BCUT2D eigenvalue weighted by Gasteiger charge is -2.21. The second-order valence-corrected chi connectivity index (χ2v) is 14.1. The number of hydrogen-bond donors (Lipinski definition) is 0. The lowest BCUT2D eigenvalue weighted by atomic mass is 9.81. The number of rotatable bonds is 2. The van der Waals surface area contributed by atoms with Gasteiger partial charge in [0.1, 0.15) is 11.2 Å². The standard InChI is InChI=1S/C47H30O/c1-47(2)39-22-17-32(26-38(39)45-40(47)23-24-42-46(45)37-9-5-6-10-41(37)48-42)34-19-14-29-15-20-35-33(18-13-28-16-21-36(34)44(29)43(28)35)31-12-11-27-7-3-4-8-30(27)25-31/h3-26H,1-2H3. The van der Waals surface area contributed by atoms with E-state index in [4.69, 9.17) is 4.42 Å². The summed E-state index contributed by atoms with van der Waals surface area (Å²) in [6.45, 7) is 4.71. The van der Waals surface area contributed by atoms with Gasteiger partial charge in [-0.15, -0.1) is 0 Å². The third kappa shape index (κ3) is 3.35. The Labute approximate surface area is 278 Å². The zero-order chi connectivity index (χ0) is 31.7. The highest BCUT2D eigenvalue weighted by Gasteiger charge is 2.37. The molecule has 11 rings (SSSR count). The smallest absolute Gasteiger partial charge is 0.136 e. The largest absolute Gasteiger partial charge is 0.456 e. The van der Waals surface area contributed by atoms with Crippen LogP contribution in [0.5, 0.6) is 0 Å². The van der Waals surface area contributed by atoms with Crippen molar-refractivity contribution in [2.24, 2.45) is 0 Å². The van der Waals surface area contributed by atoms with Crippen molar-refractivity contribution in [3.8, 4) is 33.4 Å². The molecule has 0 spiro atoms. The minimum Gasteiger partial charge on any atom is -0.456 e. The van der Waals surface area contributed by atoms with Crippen molar-refractivity contribution in [2.45, 2.75) is 19.3 Å². The van der Waals surface area contributed by atoms with Crippen molar-refractivity contribution in [2.75, 3.05) is 0 Å². The van der Waals surface area contributed by atoms with Gasteiger partial charge in [0.05, 0.1) is 0 Å². The molecule has 1 heterocycles. The van der Waals surface area contributed by atoms with E-state index in [0.29, 0.717) is 0 Å². The van der Waals surface area contributed by atoms with Gasteiger partial charge in [0.15, 0.2) is 0 Å². The van der Waals surface area contributed by atoms with E-state index in [1.54, 1.807) is 0 Å². The minimum absolute atomic E-state index is 0.0996. The van der Waals surface area contributed by atoms with Crippen LogP contribution in [0.3, 0.4) is 0 Å². The van der Waals surface area contributed by atoms with Gasteiger partial charge in [-0.2, -0.15) is 0 Å². The summed E-state index contributed by atoms with van der Waals surface area (Å²) < 4.78 is 6.36. The molecule has 0 unspecified atom stereocenters. The molecule has 0 amide bonds. The Kier molecular flexibility index (Phi) is 4.97. The molecule has 1 heteroatoms. The van der Waals surface area contributed by atoms with Crippen molar-refractivity contribution < 1.29 is 4.42 Å². The summed E-state index contributed by atoms with van der Waals surface area (Å²) in [6.07, 6.45) is 0. The molecule has 0 radical (unpaired) electrons. The Bertz CT molecular complexity index is 2970. The number of para-hydroxylation sites is 1. The molecular weight excluding hydrogens is 581 g/mol. The van der Waals surface area contributed by atoms with Crippen LogP contribution < -0.4 is 0 Å². The van der Waals surface area contributed by atoms with E-state index in [2.05, 4.69) is 159 Å². The van der Waals surface area contributed by atoms with Gasteiger partial charge >= 0.3 is 0 Å². The molecule has 1 aliphatic rings. The fourth-order valence-electron chi connectivity index (χ4n) is 8.89. The van der Waals surface area contributed by atoms with E-state index in [1.807, 2.05) is 0 Å². The molecule has 1 aliphatic carbocycles. The van der Waals surface area contributed by atoms with Crippen molar-refractivity contribution in [1.82, 2.24) is 0 Å². The van der Waals surface area contributed by atoms with Crippen molar-refractivity contribution in [3.63, 3.8) is 0 Å². The van der Waals surface area contributed by atoms with E-state index >= 15 is 0 Å². The summed E-state index contributed by atoms with van der Waals surface area (Å²) >= 11 is 0. The first kappa shape index (κ1) is 26.2. The molecule has 0 saturated heterocycles. The van der Waals surface area contributed by atoms with Crippen LogP contribution in [-0.2, 0) is 5.41 Å². The Balaban J connectivity index is 1.15. The number of fused-ring (bicyclic) bond motifs is 8. The normalized spacial score (nSPS) is 13.8. The third-order valence-corrected chi connectivity index (χ3v) is 11.2. The van der Waals surface area contributed by atoms with E-state index in [-0.39, 0.29) is 5.41 Å². The number of furan rings is 1. The summed E-state index contributed by atoms with van der Waals surface area (Å²) in [7, 11) is 0. The fourth-order valence-corrected chi connectivity index (χ4v) is 8.89. The zero-order valence-electron chi connectivity index (χ0n) is 26.8. The van der Waals surface area contributed by atoms with Gasteiger partial charge in [-0.1, -0.05) is 135 Å². The van der Waals surface area contributed by atoms with E-state index < -0.39 is 0 Å². The van der Waals surface area contributed by atoms with Gasteiger partial charge in [0.25, 0.3) is 0 Å². The maximum Gasteiger partial charge on any atom is 0.136 e. The van der Waals surface area contributed by atoms with Crippen molar-refractivity contribution >= 4 is 65.0 Å². The lowest BCUT2D eigenvalue weighted by Crippen LogP contribution is -2.14. The Morgan fingerprint density at radius 2 is 1.00 bits per heavy atom. The van der Waals surface area contributed by atoms with E-state index in [1.165, 1.54) is 98.4 Å². The minimum atomic E-state index is -0.0996. The Morgan fingerprint density at radius 1 is 0.396 bits per heavy atom. The topological polar surface area (TPSA) is 13.1 Å². The molecule has 48 heavy (non-hydrogen) atoms. The SMILES string of the molecule is CC1(C)c2ccc(-c3ccc4ccc5c(-c6ccc7ccccc7c6)ccc6ccc3c4c65)cc2-c2c1ccc1oc3ccccc3c21. The monoisotopic (exact) mass is 610 g/mol. The van der Waals surface area contributed by atoms with Gasteiger partial charge in [-0.3, -0.25) is 0 Å². The predicted molar refractivity (Wildman–Crippen MR) is 203 cm³/mol. The lowest BCUT2D eigenvalue weighted by molar-refractivity contribution is 0.656. The second-order valence-electron chi connectivity index (χ2n) is 14.1. The molecule has 1 aromatic heterocycles. The molecule has 0 N–H and O–H groups in total. The maximum atomic E-state index is 6.36. The average molecular weight is 611 g/mol. The molecular formula is C47H30O. The molecule has 0 aliphatic heterocycles. The molecule has 0 fully saturated rings. The van der Waals surface area contributed by atoms with Crippen LogP contribution in [0.15, 0.2) is 150 Å². The third-order valence-electron chi connectivity index (χ3n) is 11.2. The zero-order valence-corrected chi connectivity index (χ0v) is 26.8. The van der Waals surface area contributed by atoms with E-state index in [9.17, 15) is 0 Å². The van der Waals surface area contributed by atoms with Crippen molar-refractivity contribution in [3.05, 3.63) is 157 Å². The van der Waals surface area contributed by atoms with Crippen LogP contribution in [0.4, 0.5) is 0 Å². The van der Waals surface area contributed by atoms with Crippen LogP contribution in [0, 0.1) is 0 Å². The number of benzene rings is 9. The predicted octanol–water partition coefficient (Wildman–Crippen LogP) is 13.3. The molecule has 10 aromatic rings. The fraction of sp³-hybridized carbons (Fsp3) is 0.0638. The summed E-state index contributed by atoms with van der Waals surface area (Å²) in [5, 5.41) is 12.8. The first-order chi connectivity index (χ1) is 23.5. The highest BCUT2D eigenvalue weighted by atomic mass is 16.3. The first-order valence-electron chi connectivity index (χ1n) is 16.8. The molecule has 1 nitrogen and oxygen atoms in total. The van der Waals surface area contributed by atoms with Crippen molar-refractivity contribution in [1.29, 1.82) is 0 Å². The molecule has 0 atom stereocenters. The van der Waals surface area contributed by atoms with E-state index in [0.717, 1.165) is 11.2 Å². The highest BCUT2D eigenvalue weighted by molar-refractivity contribution is 6.28. The maximum absolute atomic E-state index is 6.36. The summed E-state index contributed by atoms with van der Waals surface area (Å²) in [5.41, 5.74) is 12.2. The van der Waals surface area contributed by atoms with Gasteiger partial charge < -0.3 is 4.42 Å². The van der Waals surface area contributed by atoms with Crippen LogP contribution >= 0.6 is 0 Å². The Hall–Kier alpha value is -5.92. The Morgan fingerprint density at radius 3 is 1.77 bits per heavy atom. The quantitative estimate of drug-likeness (QED) is 0.178. The van der Waals surface area contributed by atoms with Gasteiger partial charge in [0, 0.05) is 16.2 Å². The summed E-state index contributed by atoms with van der Waals surface area (Å²) in [5.74, 6) is 0. The van der Waals surface area contributed by atoms with Crippen LogP contribution in [-0.4, -0.2) is 0 Å². The molecule has 0 bridgehead atoms. The van der Waals surface area contributed by atoms with Crippen LogP contribution in [0.2, 0.25) is 0 Å². The van der Waals surface area contributed by atoms with Gasteiger partial charge in [-0.05, 0) is 112 Å². The molecule has 224 valence electrons. The molecule has 0 saturated carbocycles. The van der Waals surface area contributed by atoms with Crippen LogP contribution in [0.1, 0.15) is 25.0 Å². The van der Waals surface area contributed by atoms with Gasteiger partial charge in [-0.25, -0.2) is 0 Å². The number of hydrogen-bond acceptors (Lipinski definition) is 1.